The van der Waals surface area contributed by atoms with Crippen molar-refractivity contribution >= 4 is 0 Å². The summed E-state index contributed by atoms with van der Waals surface area (Å²) in [5, 5.41) is 30.1. The van der Waals surface area contributed by atoms with E-state index in [0.29, 0.717) is 31.2 Å². The molecule has 1 aromatic carbocycles. The zero-order chi connectivity index (χ0) is 22.8. The van der Waals surface area contributed by atoms with Gasteiger partial charge in [0.15, 0.2) is 16.9 Å². The van der Waals surface area contributed by atoms with Crippen molar-refractivity contribution in [3.63, 3.8) is 0 Å². The Bertz CT molecular complexity index is 1040. The lowest BCUT2D eigenvalue weighted by atomic mass is 9.58. The standard InChI is InChI=1S/C24H27N5O2/c1-5-30-21-10-16(6-7-20(21)31-15(2)3)22-19-12-29(4)9-8-17(19)18(11-25)23(28)24(22,13-26)14-27/h6-8,10,15,19,22H,5,9,12,28H2,1-4H3. The van der Waals surface area contributed by atoms with Gasteiger partial charge < -0.3 is 20.1 Å². The molecule has 0 spiro atoms. The smallest absolute Gasteiger partial charge is 0.191 e. The molecule has 2 aliphatic rings. The Hall–Kier alpha value is -3.47. The molecule has 31 heavy (non-hydrogen) atoms. The van der Waals surface area contributed by atoms with Crippen LogP contribution in [0.15, 0.2) is 41.1 Å². The third-order valence-electron chi connectivity index (χ3n) is 5.84. The summed E-state index contributed by atoms with van der Waals surface area (Å²) in [6.07, 6.45) is 1.95. The van der Waals surface area contributed by atoms with E-state index >= 15 is 0 Å². The Morgan fingerprint density at radius 2 is 1.94 bits per heavy atom. The minimum atomic E-state index is -1.66. The molecule has 0 radical (unpaired) electrons. The average molecular weight is 418 g/mol. The van der Waals surface area contributed by atoms with Crippen LogP contribution in [0.5, 0.6) is 11.5 Å². The lowest BCUT2D eigenvalue weighted by molar-refractivity contribution is 0.221. The number of hydrogen-bond donors (Lipinski definition) is 1. The molecule has 0 fully saturated rings. The fraction of sp³-hybridized carbons (Fsp3) is 0.458. The Labute approximate surface area is 183 Å². The quantitative estimate of drug-likeness (QED) is 0.781. The highest BCUT2D eigenvalue weighted by molar-refractivity contribution is 5.60. The predicted molar refractivity (Wildman–Crippen MR) is 116 cm³/mol. The Morgan fingerprint density at radius 3 is 2.52 bits per heavy atom. The molecule has 1 aliphatic heterocycles. The van der Waals surface area contributed by atoms with Crippen molar-refractivity contribution in [2.45, 2.75) is 32.8 Å². The number of allylic oxidation sites excluding steroid dienone is 2. The van der Waals surface area contributed by atoms with E-state index in [9.17, 15) is 15.8 Å². The molecule has 7 heteroatoms. The highest BCUT2D eigenvalue weighted by Gasteiger charge is 2.54. The first kappa shape index (κ1) is 22.2. The molecule has 0 amide bonds. The molecule has 1 heterocycles. The zero-order valence-corrected chi connectivity index (χ0v) is 18.3. The Morgan fingerprint density at radius 1 is 1.23 bits per heavy atom. The number of likely N-dealkylation sites (N-methyl/N-ethyl adjacent to an activating group) is 1. The molecule has 2 unspecified atom stereocenters. The molecule has 0 bridgehead atoms. The third-order valence-corrected chi connectivity index (χ3v) is 5.84. The van der Waals surface area contributed by atoms with Gasteiger partial charge in [-0.05, 0) is 51.1 Å². The number of fused-ring (bicyclic) bond motifs is 1. The van der Waals surface area contributed by atoms with E-state index in [2.05, 4.69) is 23.1 Å². The van der Waals surface area contributed by atoms with Gasteiger partial charge in [-0.25, -0.2) is 0 Å². The van der Waals surface area contributed by atoms with Crippen molar-refractivity contribution < 1.29 is 9.47 Å². The van der Waals surface area contributed by atoms with Crippen LogP contribution < -0.4 is 15.2 Å². The molecule has 0 saturated carbocycles. The monoisotopic (exact) mass is 417 g/mol. The van der Waals surface area contributed by atoms with E-state index < -0.39 is 11.3 Å². The van der Waals surface area contributed by atoms with Gasteiger partial charge in [0, 0.05) is 24.9 Å². The van der Waals surface area contributed by atoms with Gasteiger partial charge in [0.2, 0.25) is 0 Å². The summed E-state index contributed by atoms with van der Waals surface area (Å²) in [6.45, 7) is 7.49. The van der Waals surface area contributed by atoms with E-state index in [4.69, 9.17) is 15.2 Å². The first-order valence-electron chi connectivity index (χ1n) is 10.4. The zero-order valence-electron chi connectivity index (χ0n) is 18.3. The Balaban J connectivity index is 2.26. The average Bonchev–Trinajstić information content (AvgIpc) is 2.74. The third kappa shape index (κ3) is 3.72. The fourth-order valence-corrected chi connectivity index (χ4v) is 4.54. The Kier molecular flexibility index (Phi) is 6.25. The van der Waals surface area contributed by atoms with Gasteiger partial charge in [-0.1, -0.05) is 12.1 Å². The van der Waals surface area contributed by atoms with Crippen LogP contribution in [0, 0.1) is 45.3 Å². The summed E-state index contributed by atoms with van der Waals surface area (Å²) >= 11 is 0. The maximum absolute atomic E-state index is 10.2. The lowest BCUT2D eigenvalue weighted by Crippen LogP contribution is -2.47. The minimum absolute atomic E-state index is 0.0255. The van der Waals surface area contributed by atoms with Crippen molar-refractivity contribution in [3.05, 3.63) is 46.7 Å². The van der Waals surface area contributed by atoms with Crippen LogP contribution in [-0.2, 0) is 0 Å². The summed E-state index contributed by atoms with van der Waals surface area (Å²) in [4.78, 5) is 2.11. The second-order valence-electron chi connectivity index (χ2n) is 8.20. The van der Waals surface area contributed by atoms with Gasteiger partial charge in [-0.2, -0.15) is 15.8 Å². The van der Waals surface area contributed by atoms with E-state index in [1.165, 1.54) is 0 Å². The second-order valence-corrected chi connectivity index (χ2v) is 8.20. The molecule has 7 nitrogen and oxygen atoms in total. The van der Waals surface area contributed by atoms with Crippen molar-refractivity contribution in [2.24, 2.45) is 17.1 Å². The summed E-state index contributed by atoms with van der Waals surface area (Å²) in [5.41, 5.74) is 6.54. The number of nitrogens with zero attached hydrogens (tertiary/aromatic N) is 4. The van der Waals surface area contributed by atoms with Crippen LogP contribution in [0.25, 0.3) is 0 Å². The molecule has 1 aromatic rings. The maximum Gasteiger partial charge on any atom is 0.191 e. The lowest BCUT2D eigenvalue weighted by Gasteiger charge is -2.45. The maximum atomic E-state index is 10.2. The largest absolute Gasteiger partial charge is 0.490 e. The number of nitrogens with two attached hydrogens (primary N) is 1. The van der Waals surface area contributed by atoms with E-state index in [1.807, 2.05) is 52.1 Å². The van der Waals surface area contributed by atoms with E-state index in [0.717, 1.165) is 11.1 Å². The van der Waals surface area contributed by atoms with E-state index in [-0.39, 0.29) is 23.3 Å². The molecule has 2 atom stereocenters. The van der Waals surface area contributed by atoms with Crippen LogP contribution in [0.4, 0.5) is 0 Å². The number of ether oxygens (including phenoxy) is 2. The molecular weight excluding hydrogens is 390 g/mol. The molecule has 1 aliphatic carbocycles. The first-order chi connectivity index (χ1) is 14.8. The number of hydrogen-bond acceptors (Lipinski definition) is 7. The van der Waals surface area contributed by atoms with Gasteiger partial charge in [0.1, 0.15) is 6.07 Å². The second kappa shape index (κ2) is 8.72. The van der Waals surface area contributed by atoms with Gasteiger partial charge >= 0.3 is 0 Å². The minimum Gasteiger partial charge on any atom is -0.490 e. The van der Waals surface area contributed by atoms with Crippen LogP contribution in [0.2, 0.25) is 0 Å². The fourth-order valence-electron chi connectivity index (χ4n) is 4.54. The van der Waals surface area contributed by atoms with E-state index in [1.54, 1.807) is 0 Å². The summed E-state index contributed by atoms with van der Waals surface area (Å²) in [5.74, 6) is 0.378. The highest BCUT2D eigenvalue weighted by atomic mass is 16.5. The number of rotatable bonds is 5. The van der Waals surface area contributed by atoms with Crippen LogP contribution >= 0.6 is 0 Å². The SMILES string of the molecule is CCOc1cc(C2C3CN(C)CC=C3C(C#N)=C(N)C2(C#N)C#N)ccc1OC(C)C. The first-order valence-corrected chi connectivity index (χ1v) is 10.4. The van der Waals surface area contributed by atoms with Crippen LogP contribution in [-0.4, -0.2) is 37.7 Å². The van der Waals surface area contributed by atoms with Crippen molar-refractivity contribution in [1.29, 1.82) is 15.8 Å². The molecule has 0 saturated heterocycles. The van der Waals surface area contributed by atoms with Gasteiger partial charge in [-0.15, -0.1) is 0 Å². The van der Waals surface area contributed by atoms with Crippen molar-refractivity contribution in [1.82, 2.24) is 4.90 Å². The van der Waals surface area contributed by atoms with Crippen molar-refractivity contribution in [3.8, 4) is 29.7 Å². The van der Waals surface area contributed by atoms with Gasteiger partial charge in [0.25, 0.3) is 0 Å². The summed E-state index contributed by atoms with van der Waals surface area (Å²) in [7, 11) is 1.98. The normalized spacial score (nSPS) is 22.6. The van der Waals surface area contributed by atoms with Gasteiger partial charge in [0.05, 0.1) is 36.1 Å². The molecule has 0 aromatic heterocycles. The van der Waals surface area contributed by atoms with Gasteiger partial charge in [-0.3, -0.25) is 0 Å². The topological polar surface area (TPSA) is 119 Å². The molecular formula is C24H27N5O2. The molecule has 3 rings (SSSR count). The highest BCUT2D eigenvalue weighted by Crippen LogP contribution is 2.54. The molecule has 2 N–H and O–H groups in total. The number of benzene rings is 1. The summed E-state index contributed by atoms with van der Waals surface area (Å²) in [6, 6.07) is 12.0. The summed E-state index contributed by atoms with van der Waals surface area (Å²) < 4.78 is 11.7. The van der Waals surface area contributed by atoms with Crippen LogP contribution in [0.3, 0.4) is 0 Å². The van der Waals surface area contributed by atoms with Crippen molar-refractivity contribution in [2.75, 3.05) is 26.7 Å². The molecule has 160 valence electrons. The van der Waals surface area contributed by atoms with Crippen LogP contribution in [0.1, 0.15) is 32.3 Å². The number of nitriles is 3. The predicted octanol–water partition coefficient (Wildman–Crippen LogP) is 3.23.